The Bertz CT molecular complexity index is 1640. The molecule has 0 saturated carbocycles. The number of non-ortho nitro benzene ring substituents is 1. The van der Waals surface area contributed by atoms with Crippen LogP contribution < -0.4 is 14.8 Å². The number of hydrogen-bond donors (Lipinski definition) is 2. The number of halogens is 1. The first kappa shape index (κ1) is 25.4. The second-order valence-electron chi connectivity index (χ2n) is 7.79. The van der Waals surface area contributed by atoms with Gasteiger partial charge in [0.15, 0.2) is 5.13 Å². The zero-order valence-electron chi connectivity index (χ0n) is 19.2. The van der Waals surface area contributed by atoms with Crippen LogP contribution in [0.2, 0.25) is 5.02 Å². The van der Waals surface area contributed by atoms with Gasteiger partial charge in [-0.2, -0.15) is 0 Å². The summed E-state index contributed by atoms with van der Waals surface area (Å²) < 4.78 is 34.5. The van der Waals surface area contributed by atoms with Gasteiger partial charge in [-0.1, -0.05) is 29.0 Å². The van der Waals surface area contributed by atoms with Gasteiger partial charge in [0, 0.05) is 17.7 Å². The van der Waals surface area contributed by atoms with Gasteiger partial charge < -0.3 is 4.74 Å². The molecule has 0 aliphatic carbocycles. The molecule has 1 amide bonds. The SMILES string of the molecule is COc1ccc([N+](=O)[O-])cc1NS(=O)(=O)c1cc(C(=O)Nc2nc3c(C)cc(C)cc3s2)ccc1Cl. The van der Waals surface area contributed by atoms with Gasteiger partial charge in [0.05, 0.1) is 33.0 Å². The molecule has 1 heterocycles. The normalized spacial score (nSPS) is 11.3. The third-order valence-corrected chi connectivity index (χ3v) is 7.94. The number of aromatic nitrogens is 1. The molecule has 0 aliphatic heterocycles. The van der Waals surface area contributed by atoms with Gasteiger partial charge >= 0.3 is 0 Å². The number of rotatable bonds is 7. The lowest BCUT2D eigenvalue weighted by molar-refractivity contribution is -0.384. The van der Waals surface area contributed by atoms with Crippen LogP contribution in [0, 0.1) is 24.0 Å². The lowest BCUT2D eigenvalue weighted by Crippen LogP contribution is -2.17. The summed E-state index contributed by atoms with van der Waals surface area (Å²) in [6.45, 7) is 3.90. The molecule has 0 saturated heterocycles. The van der Waals surface area contributed by atoms with Crippen molar-refractivity contribution in [2.45, 2.75) is 18.7 Å². The Kier molecular flexibility index (Phi) is 6.85. The number of sulfonamides is 1. The molecule has 3 aromatic carbocycles. The molecule has 4 aromatic rings. The van der Waals surface area contributed by atoms with Crippen molar-refractivity contribution >= 4 is 65.6 Å². The lowest BCUT2D eigenvalue weighted by Gasteiger charge is -2.13. The highest BCUT2D eigenvalue weighted by molar-refractivity contribution is 7.92. The number of fused-ring (bicyclic) bond motifs is 1. The molecular weight excluding hydrogens is 528 g/mol. The van der Waals surface area contributed by atoms with Crippen molar-refractivity contribution in [1.82, 2.24) is 4.98 Å². The number of hydrogen-bond acceptors (Lipinski definition) is 8. The molecule has 0 spiro atoms. The average Bonchev–Trinajstić information content (AvgIpc) is 3.21. The first-order valence-corrected chi connectivity index (χ1v) is 13.0. The minimum atomic E-state index is -4.36. The van der Waals surface area contributed by atoms with E-state index in [0.29, 0.717) is 5.13 Å². The lowest BCUT2D eigenvalue weighted by atomic mass is 10.1. The fourth-order valence-electron chi connectivity index (χ4n) is 3.53. The molecule has 0 bridgehead atoms. The Hall–Kier alpha value is -3.74. The van der Waals surface area contributed by atoms with Crippen LogP contribution in [0.5, 0.6) is 5.75 Å². The van der Waals surface area contributed by atoms with E-state index >= 15 is 0 Å². The number of benzene rings is 3. The molecule has 0 aliphatic rings. The first-order chi connectivity index (χ1) is 17.0. The van der Waals surface area contributed by atoms with Crippen molar-refractivity contribution in [2.75, 3.05) is 17.1 Å². The van der Waals surface area contributed by atoms with Crippen molar-refractivity contribution in [3.05, 3.63) is 80.4 Å². The van der Waals surface area contributed by atoms with Gasteiger partial charge in [0.1, 0.15) is 10.6 Å². The van der Waals surface area contributed by atoms with Crippen LogP contribution in [0.25, 0.3) is 10.2 Å². The molecule has 0 fully saturated rings. The molecule has 4 rings (SSSR count). The van der Waals surface area contributed by atoms with Crippen LogP contribution in [0.4, 0.5) is 16.5 Å². The third kappa shape index (κ3) is 5.10. The van der Waals surface area contributed by atoms with E-state index in [0.717, 1.165) is 33.5 Å². The molecule has 0 atom stereocenters. The number of nitrogens with zero attached hydrogens (tertiary/aromatic N) is 2. The second kappa shape index (κ2) is 9.72. The Balaban J connectivity index is 1.64. The van der Waals surface area contributed by atoms with Crippen molar-refractivity contribution in [3.63, 3.8) is 0 Å². The predicted molar refractivity (Wildman–Crippen MR) is 139 cm³/mol. The summed E-state index contributed by atoms with van der Waals surface area (Å²) in [5, 5.41) is 14.0. The standard InChI is InChI=1S/C23H19ClN4O6S2/c1-12-8-13(2)21-19(9-12)35-23(25-21)26-22(29)14-4-6-16(24)20(10-14)36(32,33)27-17-11-15(28(30)31)5-7-18(17)34-3/h4-11,27H,1-3H3,(H,25,26,29). The van der Waals surface area contributed by atoms with E-state index in [1.54, 1.807) is 0 Å². The van der Waals surface area contributed by atoms with Crippen LogP contribution in [0.1, 0.15) is 21.5 Å². The number of carbonyl (C=O) groups excluding carboxylic acids is 1. The fraction of sp³-hybridized carbons (Fsp3) is 0.130. The molecule has 13 heteroatoms. The minimum Gasteiger partial charge on any atom is -0.495 e. The fourth-order valence-corrected chi connectivity index (χ4v) is 6.16. The highest BCUT2D eigenvalue weighted by atomic mass is 35.5. The first-order valence-electron chi connectivity index (χ1n) is 10.3. The van der Waals surface area contributed by atoms with E-state index in [1.165, 1.54) is 42.7 Å². The number of anilines is 2. The van der Waals surface area contributed by atoms with E-state index < -0.39 is 20.9 Å². The molecule has 10 nitrogen and oxygen atoms in total. The number of nitro benzene ring substituents is 1. The molecular formula is C23H19ClN4O6S2. The monoisotopic (exact) mass is 546 g/mol. The smallest absolute Gasteiger partial charge is 0.271 e. The van der Waals surface area contributed by atoms with Crippen LogP contribution in [-0.4, -0.2) is 31.3 Å². The van der Waals surface area contributed by atoms with Crippen molar-refractivity contribution < 1.29 is 22.9 Å². The van der Waals surface area contributed by atoms with Crippen LogP contribution in [-0.2, 0) is 10.0 Å². The van der Waals surface area contributed by atoms with Gasteiger partial charge in [-0.3, -0.25) is 24.9 Å². The number of nitrogens with one attached hydrogen (secondary N) is 2. The molecule has 0 unspecified atom stereocenters. The molecule has 186 valence electrons. The number of aryl methyl sites for hydroxylation is 2. The van der Waals surface area contributed by atoms with Gasteiger partial charge in [-0.25, -0.2) is 13.4 Å². The highest BCUT2D eigenvalue weighted by Gasteiger charge is 2.23. The molecule has 36 heavy (non-hydrogen) atoms. The van der Waals surface area contributed by atoms with E-state index in [9.17, 15) is 23.3 Å². The van der Waals surface area contributed by atoms with Crippen LogP contribution in [0.15, 0.2) is 53.4 Å². The van der Waals surface area contributed by atoms with Crippen molar-refractivity contribution in [2.24, 2.45) is 0 Å². The summed E-state index contributed by atoms with van der Waals surface area (Å²) in [5.74, 6) is -0.514. The number of methoxy groups -OCH3 is 1. The van der Waals surface area contributed by atoms with Gasteiger partial charge in [0.25, 0.3) is 21.6 Å². The van der Waals surface area contributed by atoms with E-state index in [2.05, 4.69) is 15.0 Å². The minimum absolute atomic E-state index is 0.0259. The van der Waals surface area contributed by atoms with Crippen LogP contribution in [0.3, 0.4) is 0 Å². The van der Waals surface area contributed by atoms with Crippen molar-refractivity contribution in [1.29, 1.82) is 0 Å². The predicted octanol–water partition coefficient (Wildman–Crippen LogP) is 5.54. The number of ether oxygens (including phenoxy) is 1. The van der Waals surface area contributed by atoms with Gasteiger partial charge in [-0.15, -0.1) is 0 Å². The maximum Gasteiger partial charge on any atom is 0.271 e. The summed E-state index contributed by atoms with van der Waals surface area (Å²) in [7, 11) is -3.06. The van der Waals surface area contributed by atoms with Gasteiger partial charge in [-0.05, 0) is 55.3 Å². The Morgan fingerprint density at radius 1 is 1.14 bits per heavy atom. The highest BCUT2D eigenvalue weighted by Crippen LogP contribution is 2.33. The van der Waals surface area contributed by atoms with E-state index in [1.807, 2.05) is 26.0 Å². The zero-order valence-corrected chi connectivity index (χ0v) is 21.5. The van der Waals surface area contributed by atoms with Crippen molar-refractivity contribution in [3.8, 4) is 5.75 Å². The summed E-state index contributed by atoms with van der Waals surface area (Å²) in [4.78, 5) is 27.4. The quantitative estimate of drug-likeness (QED) is 0.229. The average molecular weight is 547 g/mol. The summed E-state index contributed by atoms with van der Waals surface area (Å²) in [6, 6.07) is 11.2. The number of amides is 1. The Morgan fingerprint density at radius 3 is 2.58 bits per heavy atom. The maximum atomic E-state index is 13.1. The van der Waals surface area contributed by atoms with Gasteiger partial charge in [0.2, 0.25) is 0 Å². The Labute approximate surface area is 215 Å². The van der Waals surface area contributed by atoms with E-state index in [-0.39, 0.29) is 32.6 Å². The molecule has 2 N–H and O–H groups in total. The largest absolute Gasteiger partial charge is 0.495 e. The summed E-state index contributed by atoms with van der Waals surface area (Å²) in [6.07, 6.45) is 0. The summed E-state index contributed by atoms with van der Waals surface area (Å²) >= 11 is 7.45. The second-order valence-corrected chi connectivity index (χ2v) is 10.9. The zero-order chi connectivity index (χ0) is 26.2. The third-order valence-electron chi connectivity index (χ3n) is 5.17. The Morgan fingerprint density at radius 2 is 1.89 bits per heavy atom. The number of carbonyl (C=O) groups is 1. The van der Waals surface area contributed by atoms with E-state index in [4.69, 9.17) is 16.3 Å². The molecule has 0 radical (unpaired) electrons. The molecule has 1 aromatic heterocycles. The topological polar surface area (TPSA) is 141 Å². The number of thiazole rings is 1. The maximum absolute atomic E-state index is 13.1. The summed E-state index contributed by atoms with van der Waals surface area (Å²) in [5.41, 5.74) is 2.35. The van der Waals surface area contributed by atoms with Crippen LogP contribution >= 0.6 is 22.9 Å². The number of nitro groups is 1.